The van der Waals surface area contributed by atoms with Gasteiger partial charge in [0.05, 0.1) is 25.1 Å². The van der Waals surface area contributed by atoms with Crippen LogP contribution < -0.4 is 20.9 Å². The Kier molecular flexibility index (Phi) is 5.24. The highest BCUT2D eigenvalue weighted by atomic mass is 16.5. The van der Waals surface area contributed by atoms with E-state index >= 15 is 0 Å². The van der Waals surface area contributed by atoms with E-state index in [1.807, 2.05) is 13.0 Å². The van der Waals surface area contributed by atoms with Crippen molar-refractivity contribution in [3.05, 3.63) is 30.2 Å². The Labute approximate surface area is 159 Å². The van der Waals surface area contributed by atoms with Gasteiger partial charge in [-0.3, -0.25) is 0 Å². The molecule has 0 spiro atoms. The van der Waals surface area contributed by atoms with Crippen LogP contribution in [0.4, 0.5) is 23.1 Å². The molecule has 2 aliphatic heterocycles. The molecular formula is C19H27N7O. The van der Waals surface area contributed by atoms with Gasteiger partial charge < -0.3 is 25.6 Å². The van der Waals surface area contributed by atoms with Gasteiger partial charge in [-0.1, -0.05) is 0 Å². The molecule has 2 aromatic heterocycles. The molecule has 8 nitrogen and oxygen atoms in total. The van der Waals surface area contributed by atoms with Crippen LogP contribution in [0.2, 0.25) is 0 Å². The number of aryl methyl sites for hydroxylation is 1. The molecule has 4 heterocycles. The highest BCUT2D eigenvalue weighted by Crippen LogP contribution is 2.23. The highest BCUT2D eigenvalue weighted by molar-refractivity contribution is 5.53. The maximum absolute atomic E-state index is 5.90. The largest absolute Gasteiger partial charge is 0.397 e. The molecule has 8 heteroatoms. The summed E-state index contributed by atoms with van der Waals surface area (Å²) >= 11 is 0. The van der Waals surface area contributed by atoms with E-state index in [2.05, 4.69) is 36.1 Å². The molecule has 0 amide bonds. The minimum Gasteiger partial charge on any atom is -0.397 e. The van der Waals surface area contributed by atoms with Crippen molar-refractivity contribution in [2.75, 3.05) is 60.2 Å². The number of hydrogen-bond acceptors (Lipinski definition) is 8. The number of morpholine rings is 1. The maximum atomic E-state index is 5.90. The van der Waals surface area contributed by atoms with E-state index in [1.165, 1.54) is 0 Å². The molecule has 0 saturated carbocycles. The Morgan fingerprint density at radius 3 is 2.70 bits per heavy atom. The van der Waals surface area contributed by atoms with Gasteiger partial charge in [0.15, 0.2) is 0 Å². The number of piperidine rings is 1. The molecule has 0 aliphatic carbocycles. The van der Waals surface area contributed by atoms with Gasteiger partial charge in [0.1, 0.15) is 23.8 Å². The van der Waals surface area contributed by atoms with Crippen molar-refractivity contribution >= 4 is 23.1 Å². The summed E-state index contributed by atoms with van der Waals surface area (Å²) in [6, 6.07) is 4.43. The molecule has 0 aromatic carbocycles. The van der Waals surface area contributed by atoms with E-state index in [-0.39, 0.29) is 0 Å². The Balaban J connectivity index is 1.42. The first kappa shape index (κ1) is 17.8. The lowest BCUT2D eigenvalue weighted by atomic mass is 10.1. The predicted molar refractivity (Wildman–Crippen MR) is 107 cm³/mol. The van der Waals surface area contributed by atoms with Crippen LogP contribution in [0.1, 0.15) is 18.4 Å². The van der Waals surface area contributed by atoms with Gasteiger partial charge in [-0.2, -0.15) is 0 Å². The second-order valence-electron chi connectivity index (χ2n) is 7.19. The topological polar surface area (TPSA) is 92.4 Å². The van der Waals surface area contributed by atoms with Crippen LogP contribution in [0.3, 0.4) is 0 Å². The summed E-state index contributed by atoms with van der Waals surface area (Å²) in [7, 11) is 0. The number of anilines is 4. The Hall–Kier alpha value is -2.61. The summed E-state index contributed by atoms with van der Waals surface area (Å²) in [6.07, 6.45) is 5.62. The minimum atomic E-state index is 0.325. The number of nitrogen functional groups attached to an aromatic ring is 1. The second-order valence-corrected chi connectivity index (χ2v) is 7.19. The van der Waals surface area contributed by atoms with Crippen LogP contribution in [0.5, 0.6) is 0 Å². The van der Waals surface area contributed by atoms with E-state index in [1.54, 1.807) is 12.5 Å². The van der Waals surface area contributed by atoms with Crippen molar-refractivity contribution in [1.82, 2.24) is 15.0 Å². The molecule has 2 saturated heterocycles. The SMILES string of the molecule is Cc1cc(N2CCC[C@@H](Nc3cc(N4CCOCC4)ncn3)C2)ncc1N. The maximum Gasteiger partial charge on any atom is 0.134 e. The fraction of sp³-hybridized carbons (Fsp3) is 0.526. The summed E-state index contributed by atoms with van der Waals surface area (Å²) < 4.78 is 5.42. The number of rotatable bonds is 4. The van der Waals surface area contributed by atoms with Gasteiger partial charge in [-0.15, -0.1) is 0 Å². The van der Waals surface area contributed by atoms with Gasteiger partial charge in [-0.25, -0.2) is 15.0 Å². The third-order valence-electron chi connectivity index (χ3n) is 5.22. The summed E-state index contributed by atoms with van der Waals surface area (Å²) in [6.45, 7) is 7.17. The van der Waals surface area contributed by atoms with Crippen molar-refractivity contribution in [3.8, 4) is 0 Å². The number of hydrogen-bond donors (Lipinski definition) is 2. The van der Waals surface area contributed by atoms with Crippen LogP contribution in [-0.4, -0.2) is 60.4 Å². The monoisotopic (exact) mass is 369 g/mol. The van der Waals surface area contributed by atoms with Gasteiger partial charge in [0.2, 0.25) is 0 Å². The minimum absolute atomic E-state index is 0.325. The molecule has 1 atom stereocenters. The van der Waals surface area contributed by atoms with Crippen LogP contribution in [0.25, 0.3) is 0 Å². The van der Waals surface area contributed by atoms with E-state index in [0.717, 1.165) is 80.9 Å². The van der Waals surface area contributed by atoms with Gasteiger partial charge in [-0.05, 0) is 31.4 Å². The van der Waals surface area contributed by atoms with Gasteiger partial charge in [0.25, 0.3) is 0 Å². The number of nitrogens with one attached hydrogen (secondary N) is 1. The second kappa shape index (κ2) is 7.96. The number of ether oxygens (including phenoxy) is 1. The molecule has 2 aromatic rings. The number of aromatic nitrogens is 3. The van der Waals surface area contributed by atoms with E-state index in [9.17, 15) is 0 Å². The third-order valence-corrected chi connectivity index (χ3v) is 5.22. The van der Waals surface area contributed by atoms with Crippen molar-refractivity contribution in [2.45, 2.75) is 25.8 Å². The average Bonchev–Trinajstić information content (AvgIpc) is 2.71. The van der Waals surface area contributed by atoms with E-state index in [0.29, 0.717) is 6.04 Å². The fourth-order valence-electron chi connectivity index (χ4n) is 3.63. The number of nitrogens with two attached hydrogens (primary N) is 1. The normalized spacial score (nSPS) is 20.6. The van der Waals surface area contributed by atoms with Crippen molar-refractivity contribution in [1.29, 1.82) is 0 Å². The van der Waals surface area contributed by atoms with Crippen molar-refractivity contribution in [3.63, 3.8) is 0 Å². The first-order valence-corrected chi connectivity index (χ1v) is 9.57. The predicted octanol–water partition coefficient (Wildman–Crippen LogP) is 1.68. The molecule has 27 heavy (non-hydrogen) atoms. The Morgan fingerprint density at radius 1 is 1.07 bits per heavy atom. The standard InChI is InChI=1S/C19H27N7O/c1-14-9-18(21-11-16(14)20)26-4-2-3-15(12-26)24-17-10-19(23-13-22-17)25-5-7-27-8-6-25/h9-11,13,15H,2-8,12,20H2,1H3,(H,22,23,24)/t15-/m1/s1. The number of pyridine rings is 1. The van der Waals surface area contributed by atoms with Crippen LogP contribution >= 0.6 is 0 Å². The summed E-state index contributed by atoms with van der Waals surface area (Å²) in [5.74, 6) is 2.82. The van der Waals surface area contributed by atoms with Crippen molar-refractivity contribution < 1.29 is 4.74 Å². The first-order valence-electron chi connectivity index (χ1n) is 9.57. The van der Waals surface area contributed by atoms with Crippen LogP contribution in [-0.2, 0) is 4.74 Å². The smallest absolute Gasteiger partial charge is 0.134 e. The van der Waals surface area contributed by atoms with E-state index in [4.69, 9.17) is 10.5 Å². The molecule has 3 N–H and O–H groups in total. The molecule has 144 valence electrons. The fourth-order valence-corrected chi connectivity index (χ4v) is 3.63. The average molecular weight is 369 g/mol. The van der Waals surface area contributed by atoms with Gasteiger partial charge in [0, 0.05) is 38.3 Å². The highest BCUT2D eigenvalue weighted by Gasteiger charge is 2.22. The quantitative estimate of drug-likeness (QED) is 0.841. The summed E-state index contributed by atoms with van der Waals surface area (Å²) in [5, 5.41) is 3.58. The lowest BCUT2D eigenvalue weighted by Gasteiger charge is -2.34. The summed E-state index contributed by atoms with van der Waals surface area (Å²) in [5.41, 5.74) is 7.71. The molecule has 2 aliphatic rings. The molecule has 0 radical (unpaired) electrons. The Morgan fingerprint density at radius 2 is 1.89 bits per heavy atom. The van der Waals surface area contributed by atoms with Crippen LogP contribution in [0, 0.1) is 6.92 Å². The van der Waals surface area contributed by atoms with Crippen molar-refractivity contribution in [2.24, 2.45) is 0 Å². The zero-order valence-electron chi connectivity index (χ0n) is 15.8. The first-order chi connectivity index (χ1) is 13.2. The molecule has 0 unspecified atom stereocenters. The van der Waals surface area contributed by atoms with Gasteiger partial charge >= 0.3 is 0 Å². The lowest BCUT2D eigenvalue weighted by molar-refractivity contribution is 0.122. The molecule has 0 bridgehead atoms. The molecular weight excluding hydrogens is 342 g/mol. The lowest BCUT2D eigenvalue weighted by Crippen LogP contribution is -2.42. The zero-order valence-corrected chi connectivity index (χ0v) is 15.8. The zero-order chi connectivity index (χ0) is 18.6. The van der Waals surface area contributed by atoms with E-state index < -0.39 is 0 Å². The number of nitrogens with zero attached hydrogens (tertiary/aromatic N) is 5. The third kappa shape index (κ3) is 4.21. The molecule has 4 rings (SSSR count). The summed E-state index contributed by atoms with van der Waals surface area (Å²) in [4.78, 5) is 17.9. The Bertz CT molecular complexity index is 778. The van der Waals surface area contributed by atoms with Crippen LogP contribution in [0.15, 0.2) is 24.7 Å². The molecule has 2 fully saturated rings.